The Kier molecular flexibility index (Phi) is 3.60. The Hall–Kier alpha value is -3.03. The largest absolute Gasteiger partial charge is 0.450 e. The van der Waals surface area contributed by atoms with Gasteiger partial charge in [-0.2, -0.15) is 0 Å². The predicted octanol–water partition coefficient (Wildman–Crippen LogP) is 4.05. The van der Waals surface area contributed by atoms with Crippen LogP contribution in [0.5, 0.6) is 0 Å². The third-order valence-corrected chi connectivity index (χ3v) is 5.46. The van der Waals surface area contributed by atoms with Crippen molar-refractivity contribution < 1.29 is 9.21 Å². The monoisotopic (exact) mass is 395 g/mol. The summed E-state index contributed by atoms with van der Waals surface area (Å²) in [6.45, 7) is 0. The number of rotatable bonds is 2. The van der Waals surface area contributed by atoms with E-state index in [0.717, 1.165) is 0 Å². The molecule has 4 heterocycles. The van der Waals surface area contributed by atoms with E-state index in [-0.39, 0.29) is 16.8 Å². The highest BCUT2D eigenvalue weighted by molar-refractivity contribution is 7.13. The highest BCUT2D eigenvalue weighted by atomic mass is 35.5. The van der Waals surface area contributed by atoms with Gasteiger partial charge in [0.25, 0.3) is 5.91 Å². The molecule has 1 aliphatic rings. The Morgan fingerprint density at radius 1 is 1.19 bits per heavy atom. The van der Waals surface area contributed by atoms with Gasteiger partial charge in [-0.1, -0.05) is 17.7 Å². The normalized spacial score (nSPS) is 16.1. The van der Waals surface area contributed by atoms with E-state index in [1.165, 1.54) is 16.2 Å². The maximum atomic E-state index is 13.3. The number of halogens is 1. The molecule has 0 fully saturated rings. The maximum absolute atomic E-state index is 13.3. The summed E-state index contributed by atoms with van der Waals surface area (Å²) in [5, 5.41) is 3.02. The first-order valence-electron chi connectivity index (χ1n) is 8.04. The molecule has 5 rings (SSSR count). The zero-order valence-corrected chi connectivity index (χ0v) is 15.2. The Labute approximate surface area is 161 Å². The number of hydrogen-bond donors (Lipinski definition) is 0. The molecule has 0 radical (unpaired) electrons. The number of nitrogens with zero attached hydrogens (tertiary/aromatic N) is 3. The number of fused-ring (bicyclic) bond motifs is 2. The van der Waals surface area contributed by atoms with Crippen LogP contribution in [-0.4, -0.2) is 15.9 Å². The van der Waals surface area contributed by atoms with Gasteiger partial charge in [-0.25, -0.2) is 4.98 Å². The second-order valence-corrected chi connectivity index (χ2v) is 7.30. The Morgan fingerprint density at radius 2 is 2.07 bits per heavy atom. The van der Waals surface area contributed by atoms with E-state index < -0.39 is 11.9 Å². The van der Waals surface area contributed by atoms with Crippen LogP contribution in [0.15, 0.2) is 63.5 Å². The lowest BCUT2D eigenvalue weighted by Gasteiger charge is -2.22. The fourth-order valence-electron chi connectivity index (χ4n) is 3.33. The summed E-state index contributed by atoms with van der Waals surface area (Å²) in [6, 6.07) is 7.69. The Morgan fingerprint density at radius 3 is 2.81 bits per heavy atom. The van der Waals surface area contributed by atoms with Crippen molar-refractivity contribution in [3.8, 4) is 0 Å². The van der Waals surface area contributed by atoms with Crippen LogP contribution in [-0.2, 0) is 0 Å². The maximum Gasteiger partial charge on any atom is 0.297 e. The second kappa shape index (κ2) is 6.00. The van der Waals surface area contributed by atoms with Gasteiger partial charge in [-0.3, -0.25) is 19.5 Å². The molecular weight excluding hydrogens is 386 g/mol. The third kappa shape index (κ3) is 2.39. The molecule has 0 aliphatic carbocycles. The van der Waals surface area contributed by atoms with Crippen LogP contribution in [0.2, 0.25) is 5.02 Å². The van der Waals surface area contributed by atoms with Gasteiger partial charge in [-0.05, 0) is 29.8 Å². The lowest BCUT2D eigenvalue weighted by atomic mass is 10.0. The van der Waals surface area contributed by atoms with Crippen LogP contribution in [0, 0.1) is 0 Å². The summed E-state index contributed by atoms with van der Waals surface area (Å²) in [5.74, 6) is -0.373. The number of hydrogen-bond acceptors (Lipinski definition) is 6. The number of thiazole rings is 1. The van der Waals surface area contributed by atoms with Crippen molar-refractivity contribution in [2.75, 3.05) is 4.90 Å². The van der Waals surface area contributed by atoms with E-state index in [1.54, 1.807) is 48.2 Å². The quantitative estimate of drug-likeness (QED) is 0.511. The fourth-order valence-corrected chi connectivity index (χ4v) is 4.17. The van der Waals surface area contributed by atoms with Gasteiger partial charge in [-0.15, -0.1) is 11.3 Å². The molecule has 1 atom stereocenters. The van der Waals surface area contributed by atoms with E-state index in [9.17, 15) is 9.59 Å². The molecule has 27 heavy (non-hydrogen) atoms. The minimum atomic E-state index is -0.660. The van der Waals surface area contributed by atoms with Gasteiger partial charge in [0.05, 0.1) is 17.0 Å². The van der Waals surface area contributed by atoms with E-state index in [0.29, 0.717) is 26.7 Å². The summed E-state index contributed by atoms with van der Waals surface area (Å²) in [6.07, 6.45) is 4.88. The Bertz CT molecular complexity index is 1240. The minimum absolute atomic E-state index is 0.0267. The number of anilines is 1. The van der Waals surface area contributed by atoms with Gasteiger partial charge < -0.3 is 4.42 Å². The van der Waals surface area contributed by atoms with Crippen molar-refractivity contribution in [3.05, 3.63) is 86.4 Å². The number of pyridine rings is 1. The first-order valence-corrected chi connectivity index (χ1v) is 9.30. The van der Waals surface area contributed by atoms with Crippen LogP contribution in [0.25, 0.3) is 11.0 Å². The zero-order chi connectivity index (χ0) is 18.5. The predicted molar refractivity (Wildman–Crippen MR) is 102 cm³/mol. The molecule has 1 amide bonds. The van der Waals surface area contributed by atoms with Crippen molar-refractivity contribution in [2.45, 2.75) is 6.04 Å². The van der Waals surface area contributed by atoms with Crippen molar-refractivity contribution >= 4 is 44.9 Å². The van der Waals surface area contributed by atoms with Crippen LogP contribution in [0.1, 0.15) is 27.7 Å². The van der Waals surface area contributed by atoms with E-state index in [2.05, 4.69) is 9.97 Å². The molecule has 1 aliphatic heterocycles. The van der Waals surface area contributed by atoms with Crippen molar-refractivity contribution in [2.24, 2.45) is 0 Å². The van der Waals surface area contributed by atoms with Gasteiger partial charge in [0.2, 0.25) is 5.76 Å². The SMILES string of the molecule is O=C1c2oc3ccc(Cl)cc3c(=O)c2C(c2cccnc2)N1c1nccs1. The summed E-state index contributed by atoms with van der Waals surface area (Å²) in [7, 11) is 0. The zero-order valence-electron chi connectivity index (χ0n) is 13.6. The lowest BCUT2D eigenvalue weighted by molar-refractivity contribution is 0.0971. The summed E-state index contributed by atoms with van der Waals surface area (Å²) < 4.78 is 5.84. The minimum Gasteiger partial charge on any atom is -0.450 e. The average Bonchev–Trinajstić information content (AvgIpc) is 3.30. The molecule has 3 aromatic heterocycles. The number of amides is 1. The molecule has 1 unspecified atom stereocenters. The number of benzene rings is 1. The topological polar surface area (TPSA) is 76.3 Å². The smallest absolute Gasteiger partial charge is 0.297 e. The Balaban J connectivity index is 1.85. The van der Waals surface area contributed by atoms with Crippen molar-refractivity contribution in [1.82, 2.24) is 9.97 Å². The number of carbonyl (C=O) groups excluding carboxylic acids is 1. The van der Waals surface area contributed by atoms with E-state index in [1.807, 2.05) is 6.07 Å². The highest BCUT2D eigenvalue weighted by Crippen LogP contribution is 2.41. The molecule has 4 aromatic rings. The molecule has 0 bridgehead atoms. The highest BCUT2D eigenvalue weighted by Gasteiger charge is 2.44. The van der Waals surface area contributed by atoms with Gasteiger partial charge in [0, 0.05) is 29.0 Å². The molecule has 0 spiro atoms. The van der Waals surface area contributed by atoms with Crippen LogP contribution in [0.3, 0.4) is 0 Å². The van der Waals surface area contributed by atoms with Crippen molar-refractivity contribution in [1.29, 1.82) is 0 Å². The summed E-state index contributed by atoms with van der Waals surface area (Å²) >= 11 is 7.37. The van der Waals surface area contributed by atoms with E-state index >= 15 is 0 Å². The standard InChI is InChI=1S/C19H10ClN3O3S/c20-11-3-4-13-12(8-11)16(24)14-15(10-2-1-5-21-9-10)23(18(25)17(14)26-13)19-22-6-7-27-19/h1-9,15H. The molecule has 8 heteroatoms. The first kappa shape index (κ1) is 16.2. The summed E-state index contributed by atoms with van der Waals surface area (Å²) in [5.41, 5.74) is 1.02. The summed E-state index contributed by atoms with van der Waals surface area (Å²) in [4.78, 5) is 36.3. The lowest BCUT2D eigenvalue weighted by Crippen LogP contribution is -2.29. The first-order chi connectivity index (χ1) is 13.1. The molecule has 0 N–H and O–H groups in total. The van der Waals surface area contributed by atoms with Gasteiger partial charge >= 0.3 is 0 Å². The molecule has 132 valence electrons. The van der Waals surface area contributed by atoms with Crippen LogP contribution in [0.4, 0.5) is 5.13 Å². The fraction of sp³-hybridized carbons (Fsp3) is 0.0526. The molecular formula is C19H10ClN3O3S. The van der Waals surface area contributed by atoms with Gasteiger partial charge in [0.15, 0.2) is 10.6 Å². The van der Waals surface area contributed by atoms with Gasteiger partial charge in [0.1, 0.15) is 5.58 Å². The molecule has 0 saturated heterocycles. The van der Waals surface area contributed by atoms with Crippen molar-refractivity contribution in [3.63, 3.8) is 0 Å². The van der Waals surface area contributed by atoms with Crippen LogP contribution < -0.4 is 10.3 Å². The molecule has 6 nitrogen and oxygen atoms in total. The molecule has 1 aromatic carbocycles. The molecule has 0 saturated carbocycles. The third-order valence-electron chi connectivity index (χ3n) is 4.46. The number of carbonyl (C=O) groups is 1. The average molecular weight is 396 g/mol. The second-order valence-electron chi connectivity index (χ2n) is 5.99. The van der Waals surface area contributed by atoms with Crippen LogP contribution >= 0.6 is 22.9 Å². The van der Waals surface area contributed by atoms with E-state index in [4.69, 9.17) is 16.0 Å². The number of aromatic nitrogens is 2.